The molecular weight excluding hydrogens is 342 g/mol. The van der Waals surface area contributed by atoms with Crippen molar-refractivity contribution in [3.05, 3.63) is 90.0 Å². The second-order valence-electron chi connectivity index (χ2n) is 5.65. The SMILES string of the molecule is C/C(=N\NC(=O)c1ccncc1)c1ccc(NC(=O)c2cccnc2)cc1. The van der Waals surface area contributed by atoms with Gasteiger partial charge < -0.3 is 5.32 Å². The van der Waals surface area contributed by atoms with E-state index >= 15 is 0 Å². The summed E-state index contributed by atoms with van der Waals surface area (Å²) in [6, 6.07) is 13.8. The molecule has 0 spiro atoms. The number of aromatic nitrogens is 2. The number of hydrogen-bond donors (Lipinski definition) is 2. The van der Waals surface area contributed by atoms with E-state index in [0.29, 0.717) is 22.5 Å². The zero-order valence-corrected chi connectivity index (χ0v) is 14.6. The summed E-state index contributed by atoms with van der Waals surface area (Å²) in [5, 5.41) is 6.91. The van der Waals surface area contributed by atoms with Gasteiger partial charge in [-0.25, -0.2) is 5.43 Å². The van der Waals surface area contributed by atoms with Crippen molar-refractivity contribution in [2.45, 2.75) is 6.92 Å². The molecule has 2 N–H and O–H groups in total. The second kappa shape index (κ2) is 8.48. The van der Waals surface area contributed by atoms with Crippen LogP contribution in [0, 0.1) is 0 Å². The summed E-state index contributed by atoms with van der Waals surface area (Å²) in [5.41, 5.74) is 5.59. The fraction of sp³-hybridized carbons (Fsp3) is 0.0500. The summed E-state index contributed by atoms with van der Waals surface area (Å²) in [6.45, 7) is 1.79. The van der Waals surface area contributed by atoms with E-state index in [9.17, 15) is 9.59 Å². The first-order valence-corrected chi connectivity index (χ1v) is 8.20. The maximum absolute atomic E-state index is 12.1. The summed E-state index contributed by atoms with van der Waals surface area (Å²) in [7, 11) is 0. The summed E-state index contributed by atoms with van der Waals surface area (Å²) in [6.07, 6.45) is 6.21. The molecule has 0 radical (unpaired) electrons. The van der Waals surface area contributed by atoms with Gasteiger partial charge in [0.2, 0.25) is 0 Å². The van der Waals surface area contributed by atoms with Crippen LogP contribution >= 0.6 is 0 Å². The lowest BCUT2D eigenvalue weighted by Crippen LogP contribution is -2.19. The third-order valence-electron chi connectivity index (χ3n) is 3.75. The first-order valence-electron chi connectivity index (χ1n) is 8.20. The van der Waals surface area contributed by atoms with E-state index in [2.05, 4.69) is 25.8 Å². The van der Waals surface area contributed by atoms with Crippen LogP contribution in [0.3, 0.4) is 0 Å². The van der Waals surface area contributed by atoms with Crippen molar-refractivity contribution in [2.75, 3.05) is 5.32 Å². The van der Waals surface area contributed by atoms with Gasteiger partial charge in [-0.15, -0.1) is 0 Å². The van der Waals surface area contributed by atoms with Crippen LogP contribution in [-0.2, 0) is 0 Å². The summed E-state index contributed by atoms with van der Waals surface area (Å²) in [4.78, 5) is 31.9. The van der Waals surface area contributed by atoms with E-state index in [1.54, 1.807) is 61.9 Å². The zero-order chi connectivity index (χ0) is 19.1. The quantitative estimate of drug-likeness (QED) is 0.541. The molecule has 0 saturated heterocycles. The molecule has 1 aromatic carbocycles. The van der Waals surface area contributed by atoms with Crippen molar-refractivity contribution >= 4 is 23.2 Å². The number of nitrogens with zero attached hydrogens (tertiary/aromatic N) is 3. The van der Waals surface area contributed by atoms with Crippen molar-refractivity contribution < 1.29 is 9.59 Å². The molecule has 7 nitrogen and oxygen atoms in total. The molecule has 3 rings (SSSR count). The van der Waals surface area contributed by atoms with Crippen molar-refractivity contribution in [1.82, 2.24) is 15.4 Å². The Morgan fingerprint density at radius 3 is 2.22 bits per heavy atom. The van der Waals surface area contributed by atoms with Gasteiger partial charge in [-0.1, -0.05) is 12.1 Å². The Balaban J connectivity index is 1.62. The standard InChI is InChI=1S/C20H17N5O2/c1-14(24-25-20(27)16-8-11-21-12-9-16)15-4-6-18(7-5-15)23-19(26)17-3-2-10-22-13-17/h2-13H,1H3,(H,23,26)(H,25,27)/b24-14+. The Morgan fingerprint density at radius 2 is 1.56 bits per heavy atom. The van der Waals surface area contributed by atoms with E-state index in [4.69, 9.17) is 0 Å². The first kappa shape index (κ1) is 17.9. The topological polar surface area (TPSA) is 96.3 Å². The molecule has 0 bridgehead atoms. The molecule has 3 aromatic rings. The minimum atomic E-state index is -0.308. The molecule has 0 aliphatic heterocycles. The Morgan fingerprint density at radius 1 is 0.815 bits per heavy atom. The Bertz CT molecular complexity index is 955. The lowest BCUT2D eigenvalue weighted by atomic mass is 10.1. The number of amides is 2. The number of hydrazone groups is 1. The molecule has 2 aromatic heterocycles. The number of nitrogens with one attached hydrogen (secondary N) is 2. The van der Waals surface area contributed by atoms with E-state index in [0.717, 1.165) is 5.56 Å². The predicted molar refractivity (Wildman–Crippen MR) is 103 cm³/mol. The number of anilines is 1. The van der Waals surface area contributed by atoms with Gasteiger partial charge in [0.25, 0.3) is 11.8 Å². The lowest BCUT2D eigenvalue weighted by Gasteiger charge is -2.07. The van der Waals surface area contributed by atoms with Crippen LogP contribution in [0.1, 0.15) is 33.2 Å². The Kier molecular flexibility index (Phi) is 5.64. The largest absolute Gasteiger partial charge is 0.322 e. The molecule has 0 fully saturated rings. The number of benzene rings is 1. The normalized spacial score (nSPS) is 10.9. The maximum atomic E-state index is 12.1. The smallest absolute Gasteiger partial charge is 0.271 e. The average molecular weight is 359 g/mol. The molecule has 2 heterocycles. The van der Waals surface area contributed by atoms with Gasteiger partial charge >= 0.3 is 0 Å². The highest BCUT2D eigenvalue weighted by Gasteiger charge is 2.07. The molecule has 0 aliphatic rings. The van der Waals surface area contributed by atoms with E-state index in [1.807, 2.05) is 12.1 Å². The first-order chi connectivity index (χ1) is 13.1. The van der Waals surface area contributed by atoms with Crippen LogP contribution < -0.4 is 10.7 Å². The summed E-state index contributed by atoms with van der Waals surface area (Å²) in [5.74, 6) is -0.539. The van der Waals surface area contributed by atoms with Crippen molar-refractivity contribution in [3.63, 3.8) is 0 Å². The van der Waals surface area contributed by atoms with Crippen molar-refractivity contribution in [2.24, 2.45) is 5.10 Å². The van der Waals surface area contributed by atoms with Crippen LogP contribution in [0.2, 0.25) is 0 Å². The number of hydrogen-bond acceptors (Lipinski definition) is 5. The van der Waals surface area contributed by atoms with Crippen molar-refractivity contribution in [1.29, 1.82) is 0 Å². The van der Waals surface area contributed by atoms with Gasteiger partial charge in [0.1, 0.15) is 0 Å². The number of carbonyl (C=O) groups is 2. The summed E-state index contributed by atoms with van der Waals surface area (Å²) < 4.78 is 0. The molecule has 0 unspecified atom stereocenters. The molecule has 0 atom stereocenters. The Hall–Kier alpha value is -3.87. The fourth-order valence-corrected chi connectivity index (χ4v) is 2.26. The van der Waals surface area contributed by atoms with E-state index in [-0.39, 0.29) is 11.8 Å². The maximum Gasteiger partial charge on any atom is 0.271 e. The molecule has 7 heteroatoms. The predicted octanol–water partition coefficient (Wildman–Crippen LogP) is 2.88. The molecule has 0 saturated carbocycles. The van der Waals surface area contributed by atoms with E-state index < -0.39 is 0 Å². The lowest BCUT2D eigenvalue weighted by molar-refractivity contribution is 0.0954. The second-order valence-corrected chi connectivity index (χ2v) is 5.65. The minimum Gasteiger partial charge on any atom is -0.322 e. The highest BCUT2D eigenvalue weighted by atomic mass is 16.2. The third-order valence-corrected chi connectivity index (χ3v) is 3.75. The van der Waals surface area contributed by atoms with Gasteiger partial charge in [-0.2, -0.15) is 5.10 Å². The summed E-state index contributed by atoms with van der Waals surface area (Å²) >= 11 is 0. The Labute approximate surface area is 156 Å². The van der Waals surface area contributed by atoms with Crippen LogP contribution in [-0.4, -0.2) is 27.5 Å². The highest BCUT2D eigenvalue weighted by Crippen LogP contribution is 2.12. The number of rotatable bonds is 5. The molecule has 0 aliphatic carbocycles. The fourth-order valence-electron chi connectivity index (χ4n) is 2.26. The minimum absolute atomic E-state index is 0.231. The molecule has 134 valence electrons. The molecular formula is C20H17N5O2. The highest BCUT2D eigenvalue weighted by molar-refractivity contribution is 6.05. The van der Waals surface area contributed by atoms with Crippen LogP contribution in [0.15, 0.2) is 78.4 Å². The van der Waals surface area contributed by atoms with Crippen LogP contribution in [0.5, 0.6) is 0 Å². The van der Waals surface area contributed by atoms with Crippen LogP contribution in [0.25, 0.3) is 0 Å². The molecule has 27 heavy (non-hydrogen) atoms. The van der Waals surface area contributed by atoms with Gasteiger partial charge in [0, 0.05) is 36.0 Å². The van der Waals surface area contributed by atoms with Gasteiger partial charge in [0.05, 0.1) is 11.3 Å². The molecule has 2 amide bonds. The van der Waals surface area contributed by atoms with Crippen LogP contribution in [0.4, 0.5) is 5.69 Å². The zero-order valence-electron chi connectivity index (χ0n) is 14.6. The van der Waals surface area contributed by atoms with Gasteiger partial charge in [0.15, 0.2) is 0 Å². The van der Waals surface area contributed by atoms with Crippen molar-refractivity contribution in [3.8, 4) is 0 Å². The number of pyridine rings is 2. The average Bonchev–Trinajstić information content (AvgIpc) is 2.73. The third kappa shape index (κ3) is 4.82. The monoisotopic (exact) mass is 359 g/mol. The number of carbonyl (C=O) groups excluding carboxylic acids is 2. The van der Waals surface area contributed by atoms with E-state index in [1.165, 1.54) is 6.20 Å². The van der Waals surface area contributed by atoms with Gasteiger partial charge in [-0.3, -0.25) is 19.6 Å². The van der Waals surface area contributed by atoms with Gasteiger partial charge in [-0.05, 0) is 48.9 Å².